The third-order valence-corrected chi connectivity index (χ3v) is 6.78. The minimum Gasteiger partial charge on any atom is -0.340 e. The van der Waals surface area contributed by atoms with E-state index in [0.29, 0.717) is 65.2 Å². The van der Waals surface area contributed by atoms with E-state index in [9.17, 15) is 19.2 Å². The Morgan fingerprint density at radius 1 is 0.433 bits per heavy atom. The summed E-state index contributed by atoms with van der Waals surface area (Å²) in [5.41, 5.74) is 0. The molecule has 1 aliphatic heterocycles. The van der Waals surface area contributed by atoms with E-state index in [4.69, 9.17) is 0 Å². The Morgan fingerprint density at radius 3 is 0.800 bits per heavy atom. The van der Waals surface area contributed by atoms with Gasteiger partial charge in [0.15, 0.2) is 0 Å². The lowest BCUT2D eigenvalue weighted by molar-refractivity contribution is -0.134. The summed E-state index contributed by atoms with van der Waals surface area (Å²) in [6.07, 6.45) is 1.24. The standard InChI is InChI=1S/C18H28Br4N4O4/c19-11-15(27)23-3-1-4-24(16(28)12-20)8-10-26(18(30)14-22)6-2-5-25(9-7-23)17(29)13-21/h1-14H2. The first-order valence-corrected chi connectivity index (χ1v) is 14.2. The van der Waals surface area contributed by atoms with Gasteiger partial charge in [-0.3, -0.25) is 19.2 Å². The van der Waals surface area contributed by atoms with Crippen LogP contribution in [0.1, 0.15) is 12.8 Å². The molecule has 1 aliphatic rings. The molecule has 0 unspecified atom stereocenters. The van der Waals surface area contributed by atoms with Crippen LogP contribution >= 0.6 is 63.7 Å². The van der Waals surface area contributed by atoms with Gasteiger partial charge in [-0.25, -0.2) is 0 Å². The molecule has 0 radical (unpaired) electrons. The maximum absolute atomic E-state index is 12.3. The van der Waals surface area contributed by atoms with Gasteiger partial charge in [0.25, 0.3) is 0 Å². The van der Waals surface area contributed by atoms with E-state index >= 15 is 0 Å². The Balaban J connectivity index is 2.99. The summed E-state index contributed by atoms with van der Waals surface area (Å²) in [6.45, 7) is 3.71. The molecule has 1 fully saturated rings. The Hall–Kier alpha value is -0.200. The largest absolute Gasteiger partial charge is 0.340 e. The number of carbonyl (C=O) groups excluding carboxylic acids is 4. The number of carbonyl (C=O) groups is 4. The van der Waals surface area contributed by atoms with Crippen molar-refractivity contribution in [1.29, 1.82) is 0 Å². The Morgan fingerprint density at radius 2 is 0.633 bits per heavy atom. The summed E-state index contributed by atoms with van der Waals surface area (Å²) >= 11 is 12.9. The molecule has 0 aromatic heterocycles. The van der Waals surface area contributed by atoms with Crippen LogP contribution in [0.25, 0.3) is 0 Å². The van der Waals surface area contributed by atoms with E-state index in [2.05, 4.69) is 63.7 Å². The van der Waals surface area contributed by atoms with Crippen molar-refractivity contribution < 1.29 is 19.2 Å². The van der Waals surface area contributed by atoms with Crippen LogP contribution < -0.4 is 0 Å². The van der Waals surface area contributed by atoms with E-state index in [-0.39, 0.29) is 44.9 Å². The van der Waals surface area contributed by atoms with Gasteiger partial charge < -0.3 is 19.6 Å². The zero-order valence-electron chi connectivity index (χ0n) is 16.8. The van der Waals surface area contributed by atoms with Crippen molar-refractivity contribution in [3.63, 3.8) is 0 Å². The summed E-state index contributed by atoms with van der Waals surface area (Å²) in [5.74, 6) is -0.164. The molecule has 8 nitrogen and oxygen atoms in total. The van der Waals surface area contributed by atoms with Crippen molar-refractivity contribution in [1.82, 2.24) is 19.6 Å². The van der Waals surface area contributed by atoms with Crippen LogP contribution in [0.5, 0.6) is 0 Å². The summed E-state index contributed by atoms with van der Waals surface area (Å²) in [6, 6.07) is 0. The number of hydrogen-bond donors (Lipinski definition) is 0. The second kappa shape index (κ2) is 15.6. The summed E-state index contributed by atoms with van der Waals surface area (Å²) < 4.78 is 0. The molecule has 12 heteroatoms. The number of hydrogen-bond acceptors (Lipinski definition) is 4. The van der Waals surface area contributed by atoms with E-state index in [1.807, 2.05) is 0 Å². The molecule has 30 heavy (non-hydrogen) atoms. The normalized spacial score (nSPS) is 17.5. The first kappa shape index (κ1) is 27.8. The average molecular weight is 684 g/mol. The van der Waals surface area contributed by atoms with Crippen LogP contribution in [0.2, 0.25) is 0 Å². The van der Waals surface area contributed by atoms with Crippen LogP contribution in [0.4, 0.5) is 0 Å². The lowest BCUT2D eigenvalue weighted by atomic mass is 10.2. The predicted molar refractivity (Wildman–Crippen MR) is 131 cm³/mol. The Kier molecular flexibility index (Phi) is 14.5. The first-order chi connectivity index (χ1) is 14.4. The SMILES string of the molecule is O=C(CBr)N1CCCN(C(=O)CBr)CCN(C(=O)CBr)CCCN(C(=O)CBr)CC1. The number of rotatable bonds is 4. The molecule has 1 saturated heterocycles. The van der Waals surface area contributed by atoms with Crippen molar-refractivity contribution in [2.75, 3.05) is 73.7 Å². The van der Waals surface area contributed by atoms with E-state index in [0.717, 1.165) is 0 Å². The number of amides is 4. The molecule has 0 N–H and O–H groups in total. The molecular formula is C18H28Br4N4O4. The Bertz CT molecular complexity index is 499. The van der Waals surface area contributed by atoms with Crippen LogP contribution in [-0.4, -0.2) is 117 Å². The lowest BCUT2D eigenvalue weighted by Gasteiger charge is -2.32. The zero-order valence-corrected chi connectivity index (χ0v) is 23.2. The van der Waals surface area contributed by atoms with Gasteiger partial charge in [-0.15, -0.1) is 0 Å². The van der Waals surface area contributed by atoms with Gasteiger partial charge in [-0.05, 0) is 12.8 Å². The molecule has 0 saturated carbocycles. The van der Waals surface area contributed by atoms with Gasteiger partial charge in [0.05, 0.1) is 21.3 Å². The maximum atomic E-state index is 12.3. The maximum Gasteiger partial charge on any atom is 0.233 e. The van der Waals surface area contributed by atoms with Gasteiger partial charge in [-0.1, -0.05) is 63.7 Å². The zero-order chi connectivity index (χ0) is 22.5. The number of halogens is 4. The van der Waals surface area contributed by atoms with Crippen molar-refractivity contribution in [3.8, 4) is 0 Å². The molecule has 0 aliphatic carbocycles. The minimum atomic E-state index is -0.0409. The van der Waals surface area contributed by atoms with Crippen LogP contribution in [0, 0.1) is 0 Å². The quantitative estimate of drug-likeness (QED) is 0.423. The monoisotopic (exact) mass is 680 g/mol. The highest BCUT2D eigenvalue weighted by Crippen LogP contribution is 2.07. The van der Waals surface area contributed by atoms with E-state index in [1.165, 1.54) is 0 Å². The second-order valence-corrected chi connectivity index (χ2v) is 9.01. The minimum absolute atomic E-state index is 0.0409. The van der Waals surface area contributed by atoms with Gasteiger partial charge in [0.1, 0.15) is 0 Å². The fourth-order valence-electron chi connectivity index (χ4n) is 3.17. The third kappa shape index (κ3) is 9.52. The third-order valence-electron chi connectivity index (χ3n) is 4.86. The van der Waals surface area contributed by atoms with Gasteiger partial charge in [-0.2, -0.15) is 0 Å². The highest BCUT2D eigenvalue weighted by atomic mass is 79.9. The smallest absolute Gasteiger partial charge is 0.233 e. The highest BCUT2D eigenvalue weighted by molar-refractivity contribution is 9.10. The van der Waals surface area contributed by atoms with E-state index < -0.39 is 0 Å². The molecule has 0 atom stereocenters. The fourth-order valence-corrected chi connectivity index (χ4v) is 4.59. The summed E-state index contributed by atoms with van der Waals surface area (Å²) in [4.78, 5) is 56.1. The van der Waals surface area contributed by atoms with Crippen molar-refractivity contribution in [2.45, 2.75) is 12.8 Å². The van der Waals surface area contributed by atoms with Crippen molar-refractivity contribution in [3.05, 3.63) is 0 Å². The number of nitrogens with zero attached hydrogens (tertiary/aromatic N) is 4. The van der Waals surface area contributed by atoms with Gasteiger partial charge in [0.2, 0.25) is 23.6 Å². The topological polar surface area (TPSA) is 81.2 Å². The fraction of sp³-hybridized carbons (Fsp3) is 0.778. The van der Waals surface area contributed by atoms with Crippen molar-refractivity contribution in [2.24, 2.45) is 0 Å². The molecule has 1 rings (SSSR count). The predicted octanol–water partition coefficient (Wildman–Crippen LogP) is 1.67. The summed E-state index contributed by atoms with van der Waals surface area (Å²) in [7, 11) is 0. The average Bonchev–Trinajstić information content (AvgIpc) is 2.77. The molecule has 0 aromatic rings. The molecule has 0 spiro atoms. The van der Waals surface area contributed by atoms with Gasteiger partial charge in [0, 0.05) is 52.4 Å². The second-order valence-electron chi connectivity index (χ2n) is 6.76. The molecular weight excluding hydrogens is 656 g/mol. The lowest BCUT2D eigenvalue weighted by Crippen LogP contribution is -2.46. The van der Waals surface area contributed by atoms with Gasteiger partial charge >= 0.3 is 0 Å². The van der Waals surface area contributed by atoms with Crippen molar-refractivity contribution >= 4 is 87.3 Å². The highest BCUT2D eigenvalue weighted by Gasteiger charge is 2.21. The molecule has 172 valence electrons. The van der Waals surface area contributed by atoms with Crippen LogP contribution in [-0.2, 0) is 19.2 Å². The molecule has 4 amide bonds. The Labute approximate surface area is 211 Å². The van der Waals surface area contributed by atoms with Crippen LogP contribution in [0.3, 0.4) is 0 Å². The molecule has 1 heterocycles. The molecule has 0 bridgehead atoms. The van der Waals surface area contributed by atoms with E-state index in [1.54, 1.807) is 19.6 Å². The van der Waals surface area contributed by atoms with Crippen LogP contribution in [0.15, 0.2) is 0 Å². The molecule has 0 aromatic carbocycles. The first-order valence-electron chi connectivity index (χ1n) is 9.72. The summed E-state index contributed by atoms with van der Waals surface area (Å²) in [5, 5.41) is 0.861. The number of alkyl halides is 4.